The topological polar surface area (TPSA) is 68.0 Å². The van der Waals surface area contributed by atoms with Crippen LogP contribution in [0, 0.1) is 0 Å². The fourth-order valence-electron chi connectivity index (χ4n) is 1.78. The Labute approximate surface area is 112 Å². The molecule has 1 heterocycles. The monoisotopic (exact) mass is 255 g/mol. The predicted octanol–water partition coefficient (Wildman–Crippen LogP) is 1.27. The number of pyridine rings is 1. The first-order chi connectivity index (χ1) is 9.25. The number of benzene rings is 1. The Bertz CT molecular complexity index is 513. The number of amides is 1. The fraction of sp³-hybridized carbons (Fsp3) is 0.200. The zero-order chi connectivity index (χ0) is 13.5. The molecule has 1 amide bonds. The Kier molecular flexibility index (Phi) is 4.64. The van der Waals surface area contributed by atoms with E-state index in [1.54, 1.807) is 12.4 Å². The Hall–Kier alpha value is -2.20. The maximum Gasteiger partial charge on any atom is 0.237 e. The smallest absolute Gasteiger partial charge is 0.237 e. The van der Waals surface area contributed by atoms with Crippen molar-refractivity contribution in [2.75, 3.05) is 0 Å². The number of carbonyl (C=O) groups excluding carboxylic acids is 1. The van der Waals surface area contributed by atoms with E-state index in [9.17, 15) is 4.79 Å². The molecule has 0 spiro atoms. The molecule has 0 aliphatic carbocycles. The molecule has 98 valence electrons. The van der Waals surface area contributed by atoms with Gasteiger partial charge in [-0.05, 0) is 23.6 Å². The van der Waals surface area contributed by atoms with E-state index >= 15 is 0 Å². The number of hydrogen-bond donors (Lipinski definition) is 2. The van der Waals surface area contributed by atoms with Crippen LogP contribution in [0.15, 0.2) is 54.9 Å². The largest absolute Gasteiger partial charge is 0.351 e. The number of nitrogens with zero attached hydrogens (tertiary/aromatic N) is 1. The molecule has 0 radical (unpaired) electrons. The summed E-state index contributed by atoms with van der Waals surface area (Å²) in [4.78, 5) is 15.9. The van der Waals surface area contributed by atoms with Gasteiger partial charge in [0.15, 0.2) is 0 Å². The first-order valence-corrected chi connectivity index (χ1v) is 6.22. The van der Waals surface area contributed by atoms with Crippen molar-refractivity contribution in [3.8, 4) is 0 Å². The highest BCUT2D eigenvalue weighted by molar-refractivity contribution is 5.81. The summed E-state index contributed by atoms with van der Waals surface area (Å²) >= 11 is 0. The number of nitrogens with two attached hydrogens (primary N) is 1. The van der Waals surface area contributed by atoms with Crippen molar-refractivity contribution >= 4 is 5.91 Å². The minimum Gasteiger partial charge on any atom is -0.351 e. The number of nitrogens with one attached hydrogen (secondary N) is 1. The minimum atomic E-state index is -0.548. The number of rotatable bonds is 5. The third-order valence-corrected chi connectivity index (χ3v) is 2.82. The SMILES string of the molecule is N[C@@H](Cc1cccnc1)C(=O)NCc1ccccc1. The van der Waals surface area contributed by atoms with E-state index < -0.39 is 6.04 Å². The third kappa shape index (κ3) is 4.19. The molecule has 0 saturated carbocycles. The molecule has 0 fully saturated rings. The zero-order valence-corrected chi connectivity index (χ0v) is 10.6. The Balaban J connectivity index is 1.83. The Morgan fingerprint density at radius 3 is 2.58 bits per heavy atom. The molecule has 2 rings (SSSR count). The van der Waals surface area contributed by atoms with Gasteiger partial charge in [0.1, 0.15) is 0 Å². The van der Waals surface area contributed by atoms with Gasteiger partial charge in [0, 0.05) is 18.9 Å². The minimum absolute atomic E-state index is 0.146. The second-order valence-corrected chi connectivity index (χ2v) is 4.38. The lowest BCUT2D eigenvalue weighted by molar-refractivity contribution is -0.122. The van der Waals surface area contributed by atoms with Crippen LogP contribution < -0.4 is 11.1 Å². The molecule has 1 aromatic carbocycles. The van der Waals surface area contributed by atoms with Gasteiger partial charge in [-0.3, -0.25) is 9.78 Å². The van der Waals surface area contributed by atoms with Crippen molar-refractivity contribution in [1.29, 1.82) is 0 Å². The summed E-state index contributed by atoms with van der Waals surface area (Å²) in [6, 6.07) is 13.0. The van der Waals surface area contributed by atoms with Crippen molar-refractivity contribution in [1.82, 2.24) is 10.3 Å². The summed E-state index contributed by atoms with van der Waals surface area (Å²) in [5.74, 6) is -0.146. The van der Waals surface area contributed by atoms with Gasteiger partial charge in [-0.15, -0.1) is 0 Å². The maximum atomic E-state index is 11.9. The van der Waals surface area contributed by atoms with Crippen molar-refractivity contribution < 1.29 is 4.79 Å². The van der Waals surface area contributed by atoms with Crippen molar-refractivity contribution in [3.05, 3.63) is 66.0 Å². The highest BCUT2D eigenvalue weighted by atomic mass is 16.2. The highest BCUT2D eigenvalue weighted by Crippen LogP contribution is 2.01. The normalized spacial score (nSPS) is 11.8. The van der Waals surface area contributed by atoms with Crippen LogP contribution in [0.5, 0.6) is 0 Å². The molecule has 1 aromatic heterocycles. The average Bonchev–Trinajstić information content (AvgIpc) is 2.47. The van der Waals surface area contributed by atoms with Crippen LogP contribution in [0.4, 0.5) is 0 Å². The van der Waals surface area contributed by atoms with E-state index in [4.69, 9.17) is 5.73 Å². The van der Waals surface area contributed by atoms with Crippen molar-refractivity contribution in [2.24, 2.45) is 5.73 Å². The molecule has 0 unspecified atom stereocenters. The predicted molar refractivity (Wildman–Crippen MR) is 74.2 cm³/mol. The standard InChI is InChI=1S/C15H17N3O/c16-14(9-13-7-4-8-17-10-13)15(19)18-11-12-5-2-1-3-6-12/h1-8,10,14H,9,11,16H2,(H,18,19)/t14-/m0/s1. The van der Waals surface area contributed by atoms with Crippen LogP contribution in [-0.2, 0) is 17.8 Å². The van der Waals surface area contributed by atoms with E-state index in [-0.39, 0.29) is 5.91 Å². The summed E-state index contributed by atoms with van der Waals surface area (Å²) in [6.45, 7) is 0.500. The lowest BCUT2D eigenvalue weighted by atomic mass is 10.1. The summed E-state index contributed by atoms with van der Waals surface area (Å²) < 4.78 is 0. The van der Waals surface area contributed by atoms with Gasteiger partial charge in [-0.1, -0.05) is 36.4 Å². The lowest BCUT2D eigenvalue weighted by Gasteiger charge is -2.12. The Morgan fingerprint density at radius 2 is 1.89 bits per heavy atom. The molecule has 1 atom stereocenters. The molecule has 3 N–H and O–H groups in total. The molecule has 19 heavy (non-hydrogen) atoms. The van der Waals surface area contributed by atoms with Gasteiger partial charge in [-0.25, -0.2) is 0 Å². The number of aromatic nitrogens is 1. The van der Waals surface area contributed by atoms with Gasteiger partial charge in [0.05, 0.1) is 6.04 Å². The van der Waals surface area contributed by atoms with E-state index in [0.29, 0.717) is 13.0 Å². The Morgan fingerprint density at radius 1 is 1.16 bits per heavy atom. The van der Waals surface area contributed by atoms with Crippen LogP contribution in [0.25, 0.3) is 0 Å². The molecule has 0 aliphatic heterocycles. The molecule has 0 bridgehead atoms. The van der Waals surface area contributed by atoms with Crippen LogP contribution in [0.3, 0.4) is 0 Å². The molecule has 0 saturated heterocycles. The number of hydrogen-bond acceptors (Lipinski definition) is 3. The fourth-order valence-corrected chi connectivity index (χ4v) is 1.78. The molecule has 0 aliphatic rings. The second kappa shape index (κ2) is 6.66. The summed E-state index contributed by atoms with van der Waals surface area (Å²) in [7, 11) is 0. The van der Waals surface area contributed by atoms with E-state index in [2.05, 4.69) is 10.3 Å². The lowest BCUT2D eigenvalue weighted by Crippen LogP contribution is -2.41. The third-order valence-electron chi connectivity index (χ3n) is 2.82. The van der Waals surface area contributed by atoms with Crippen molar-refractivity contribution in [3.63, 3.8) is 0 Å². The molecular weight excluding hydrogens is 238 g/mol. The van der Waals surface area contributed by atoms with Gasteiger partial charge in [0.2, 0.25) is 5.91 Å². The molecule has 4 nitrogen and oxygen atoms in total. The van der Waals surface area contributed by atoms with E-state index in [0.717, 1.165) is 11.1 Å². The van der Waals surface area contributed by atoms with E-state index in [1.165, 1.54) is 0 Å². The van der Waals surface area contributed by atoms with Crippen LogP contribution in [0.1, 0.15) is 11.1 Å². The summed E-state index contributed by atoms with van der Waals surface area (Å²) in [5.41, 5.74) is 7.90. The highest BCUT2D eigenvalue weighted by Gasteiger charge is 2.13. The van der Waals surface area contributed by atoms with Crippen LogP contribution in [-0.4, -0.2) is 16.9 Å². The summed E-state index contributed by atoms with van der Waals surface area (Å²) in [5, 5.41) is 2.83. The molecule has 2 aromatic rings. The summed E-state index contributed by atoms with van der Waals surface area (Å²) in [6.07, 6.45) is 3.92. The second-order valence-electron chi connectivity index (χ2n) is 4.38. The quantitative estimate of drug-likeness (QED) is 0.845. The molecule has 4 heteroatoms. The van der Waals surface area contributed by atoms with Crippen LogP contribution in [0.2, 0.25) is 0 Å². The zero-order valence-electron chi connectivity index (χ0n) is 10.6. The number of carbonyl (C=O) groups is 1. The van der Waals surface area contributed by atoms with Crippen LogP contribution >= 0.6 is 0 Å². The molecular formula is C15H17N3O. The van der Waals surface area contributed by atoms with Gasteiger partial charge < -0.3 is 11.1 Å². The van der Waals surface area contributed by atoms with Gasteiger partial charge >= 0.3 is 0 Å². The maximum absolute atomic E-state index is 11.9. The average molecular weight is 255 g/mol. The first-order valence-electron chi connectivity index (χ1n) is 6.22. The van der Waals surface area contributed by atoms with Gasteiger partial charge in [-0.2, -0.15) is 0 Å². The van der Waals surface area contributed by atoms with Crippen molar-refractivity contribution in [2.45, 2.75) is 19.0 Å². The van der Waals surface area contributed by atoms with E-state index in [1.807, 2.05) is 42.5 Å². The van der Waals surface area contributed by atoms with Gasteiger partial charge in [0.25, 0.3) is 0 Å². The first kappa shape index (κ1) is 13.2.